The number of nitrogens with one attached hydrogen (secondary N) is 1. The van der Waals surface area contributed by atoms with Gasteiger partial charge in [0, 0.05) is 23.6 Å². The second-order valence-corrected chi connectivity index (χ2v) is 6.05. The second kappa shape index (κ2) is 5.82. The van der Waals surface area contributed by atoms with Crippen molar-refractivity contribution in [1.29, 1.82) is 0 Å². The third-order valence-corrected chi connectivity index (χ3v) is 4.46. The van der Waals surface area contributed by atoms with Gasteiger partial charge in [-0.1, -0.05) is 23.2 Å². The Morgan fingerprint density at radius 2 is 1.71 bits per heavy atom. The van der Waals surface area contributed by atoms with Gasteiger partial charge in [-0.15, -0.1) is 0 Å². The summed E-state index contributed by atoms with van der Waals surface area (Å²) in [5, 5.41) is 3.64. The molecule has 6 heteroatoms. The maximum absolute atomic E-state index is 12.8. The summed E-state index contributed by atoms with van der Waals surface area (Å²) in [6.07, 6.45) is 3.36. The van der Waals surface area contributed by atoms with Crippen LogP contribution in [0.25, 0.3) is 22.3 Å². The number of benzene rings is 2. The molecular weight excluding hydrogens is 347 g/mol. The van der Waals surface area contributed by atoms with Crippen LogP contribution in [0.15, 0.2) is 59.3 Å². The van der Waals surface area contributed by atoms with Crippen LogP contribution in [0.1, 0.15) is 10.4 Å². The first-order valence-electron chi connectivity index (χ1n) is 7.15. The predicted octanol–water partition coefficient (Wildman–Crippen LogP) is 5.49. The summed E-state index contributed by atoms with van der Waals surface area (Å²) in [6, 6.07) is 12.2. The molecule has 0 saturated heterocycles. The van der Waals surface area contributed by atoms with E-state index in [1.54, 1.807) is 36.7 Å². The molecule has 0 aliphatic carbocycles. The molecule has 1 aromatic carbocycles. The van der Waals surface area contributed by atoms with Crippen molar-refractivity contribution < 1.29 is 9.21 Å². The summed E-state index contributed by atoms with van der Waals surface area (Å²) >= 11 is 11.9. The van der Waals surface area contributed by atoms with E-state index in [0.717, 1.165) is 11.1 Å². The number of anilines is 1. The molecule has 118 valence electrons. The molecule has 1 N–H and O–H groups in total. The van der Waals surface area contributed by atoms with E-state index in [2.05, 4.69) is 10.3 Å². The van der Waals surface area contributed by atoms with Gasteiger partial charge in [0.15, 0.2) is 0 Å². The Morgan fingerprint density at radius 1 is 0.958 bits per heavy atom. The molecule has 3 heterocycles. The summed E-state index contributed by atoms with van der Waals surface area (Å²) in [4.78, 5) is 16.8. The van der Waals surface area contributed by atoms with Gasteiger partial charge in [-0.05, 0) is 48.0 Å². The molecule has 0 fully saturated rings. The van der Waals surface area contributed by atoms with Crippen molar-refractivity contribution in [2.45, 2.75) is 0 Å². The zero-order valence-corrected chi connectivity index (χ0v) is 13.7. The molecule has 3 aromatic heterocycles. The van der Waals surface area contributed by atoms with Crippen molar-refractivity contribution in [3.63, 3.8) is 0 Å². The maximum Gasteiger partial charge on any atom is 0.260 e. The monoisotopic (exact) mass is 356 g/mol. The number of carbonyl (C=O) groups excluding carboxylic acids is 1. The number of amides is 1. The first-order chi connectivity index (χ1) is 11.6. The van der Waals surface area contributed by atoms with Gasteiger partial charge in [0.1, 0.15) is 11.2 Å². The van der Waals surface area contributed by atoms with Crippen LogP contribution in [-0.4, -0.2) is 10.9 Å². The Kier molecular flexibility index (Phi) is 3.63. The smallest absolute Gasteiger partial charge is 0.260 e. The van der Waals surface area contributed by atoms with E-state index in [0.29, 0.717) is 32.5 Å². The zero-order chi connectivity index (χ0) is 16.7. The highest BCUT2D eigenvalue weighted by Crippen LogP contribution is 2.37. The predicted molar refractivity (Wildman–Crippen MR) is 95.0 cm³/mol. The van der Waals surface area contributed by atoms with Crippen LogP contribution in [0.5, 0.6) is 0 Å². The van der Waals surface area contributed by atoms with Gasteiger partial charge in [0.05, 0.1) is 15.6 Å². The molecule has 0 spiro atoms. The molecule has 0 aliphatic rings. The number of nitrogens with zero attached hydrogens (tertiary/aromatic N) is 1. The highest BCUT2D eigenvalue weighted by molar-refractivity contribution is 6.42. The van der Waals surface area contributed by atoms with Crippen LogP contribution in [0.2, 0.25) is 10.0 Å². The normalized spacial score (nSPS) is 11.1. The summed E-state index contributed by atoms with van der Waals surface area (Å²) < 4.78 is 5.67. The SMILES string of the molecule is O=C(Nc1ccc(Cl)c(Cl)c1)c1c(-c2ccncc2)c2ccc1o2. The van der Waals surface area contributed by atoms with Gasteiger partial charge in [0.25, 0.3) is 5.91 Å². The largest absolute Gasteiger partial charge is 0.456 e. The Balaban J connectivity index is 1.74. The molecule has 0 unspecified atom stereocenters. The number of hydrogen-bond acceptors (Lipinski definition) is 3. The lowest BCUT2D eigenvalue weighted by Gasteiger charge is -2.08. The van der Waals surface area contributed by atoms with E-state index in [-0.39, 0.29) is 5.91 Å². The average Bonchev–Trinajstić information content (AvgIpc) is 3.20. The van der Waals surface area contributed by atoms with Crippen molar-refractivity contribution in [3.8, 4) is 11.1 Å². The van der Waals surface area contributed by atoms with E-state index in [1.807, 2.05) is 18.2 Å². The Hall–Kier alpha value is -2.56. The summed E-state index contributed by atoms with van der Waals surface area (Å²) in [5.41, 5.74) is 3.88. The number of aromatic nitrogens is 1. The molecule has 0 radical (unpaired) electrons. The fourth-order valence-corrected chi connectivity index (χ4v) is 2.95. The molecule has 2 bridgehead atoms. The van der Waals surface area contributed by atoms with Gasteiger partial charge >= 0.3 is 0 Å². The number of hydrogen-bond donors (Lipinski definition) is 1. The van der Waals surface area contributed by atoms with Crippen LogP contribution < -0.4 is 5.32 Å². The number of fused-ring (bicyclic) bond motifs is 2. The van der Waals surface area contributed by atoms with Crippen molar-refractivity contribution >= 4 is 46.0 Å². The fraction of sp³-hybridized carbons (Fsp3) is 0. The van der Waals surface area contributed by atoms with E-state index in [1.165, 1.54) is 0 Å². The van der Waals surface area contributed by atoms with Gasteiger partial charge in [-0.2, -0.15) is 0 Å². The van der Waals surface area contributed by atoms with E-state index in [9.17, 15) is 4.79 Å². The zero-order valence-electron chi connectivity index (χ0n) is 12.2. The number of halogens is 2. The Bertz CT molecular complexity index is 1030. The summed E-state index contributed by atoms with van der Waals surface area (Å²) in [6.45, 7) is 0. The Morgan fingerprint density at radius 3 is 2.46 bits per heavy atom. The number of pyridine rings is 1. The minimum Gasteiger partial charge on any atom is -0.456 e. The second-order valence-electron chi connectivity index (χ2n) is 5.23. The minimum atomic E-state index is -0.269. The molecule has 1 amide bonds. The van der Waals surface area contributed by atoms with Crippen molar-refractivity contribution in [3.05, 3.63) is 70.5 Å². The van der Waals surface area contributed by atoms with Crippen molar-refractivity contribution in [2.24, 2.45) is 0 Å². The molecule has 0 aliphatic heterocycles. The van der Waals surface area contributed by atoms with Crippen LogP contribution >= 0.6 is 23.2 Å². The Labute approximate surface area is 147 Å². The van der Waals surface area contributed by atoms with Crippen LogP contribution in [0.4, 0.5) is 5.69 Å². The number of rotatable bonds is 3. The molecule has 0 atom stereocenters. The average molecular weight is 357 g/mol. The first kappa shape index (κ1) is 15.0. The lowest BCUT2D eigenvalue weighted by Crippen LogP contribution is -2.12. The first-order valence-corrected chi connectivity index (χ1v) is 7.91. The molecular formula is C18H10Cl2N2O2. The van der Waals surface area contributed by atoms with Gasteiger partial charge in [-0.25, -0.2) is 0 Å². The van der Waals surface area contributed by atoms with Crippen molar-refractivity contribution in [1.82, 2.24) is 4.98 Å². The molecule has 0 saturated carbocycles. The van der Waals surface area contributed by atoms with Gasteiger partial charge in [-0.3, -0.25) is 9.78 Å². The van der Waals surface area contributed by atoms with Gasteiger partial charge < -0.3 is 9.73 Å². The highest BCUT2D eigenvalue weighted by atomic mass is 35.5. The molecule has 4 aromatic rings. The third-order valence-electron chi connectivity index (χ3n) is 3.72. The van der Waals surface area contributed by atoms with E-state index < -0.39 is 0 Å². The van der Waals surface area contributed by atoms with E-state index >= 15 is 0 Å². The van der Waals surface area contributed by atoms with Crippen LogP contribution in [-0.2, 0) is 0 Å². The molecule has 4 nitrogen and oxygen atoms in total. The topological polar surface area (TPSA) is 55.1 Å². The maximum atomic E-state index is 12.8. The van der Waals surface area contributed by atoms with Crippen LogP contribution in [0, 0.1) is 0 Å². The number of furan rings is 2. The molecule has 24 heavy (non-hydrogen) atoms. The van der Waals surface area contributed by atoms with Gasteiger partial charge in [0.2, 0.25) is 0 Å². The highest BCUT2D eigenvalue weighted by Gasteiger charge is 2.24. The van der Waals surface area contributed by atoms with Crippen molar-refractivity contribution in [2.75, 3.05) is 5.32 Å². The third kappa shape index (κ3) is 2.50. The van der Waals surface area contributed by atoms with E-state index in [4.69, 9.17) is 27.6 Å². The summed E-state index contributed by atoms with van der Waals surface area (Å²) in [5.74, 6) is -0.269. The van der Waals surface area contributed by atoms with Crippen LogP contribution in [0.3, 0.4) is 0 Å². The lowest BCUT2D eigenvalue weighted by atomic mass is 10.00. The summed E-state index contributed by atoms with van der Waals surface area (Å²) in [7, 11) is 0. The standard InChI is InChI=1S/C18H10Cl2N2O2/c19-12-2-1-11(9-13(12)20)22-18(23)17-15-4-3-14(24-15)16(17)10-5-7-21-8-6-10/h1-9H,(H,22,23). The lowest BCUT2D eigenvalue weighted by molar-refractivity contribution is 0.102. The quantitative estimate of drug-likeness (QED) is 0.527. The molecule has 4 rings (SSSR count). The minimum absolute atomic E-state index is 0.269. The fourth-order valence-electron chi connectivity index (χ4n) is 2.65. The number of carbonyl (C=O) groups is 1.